The van der Waals surface area contributed by atoms with Crippen molar-refractivity contribution in [1.82, 2.24) is 20.5 Å². The molecule has 254 valence electrons. The molecule has 5 rings (SSSR count). The maximum atomic E-state index is 14.4. The predicted octanol–water partition coefficient (Wildman–Crippen LogP) is 7.10. The fourth-order valence-electron chi connectivity index (χ4n) is 5.14. The molecule has 4 aromatic rings. The normalized spacial score (nSPS) is 12.8. The highest BCUT2D eigenvalue weighted by molar-refractivity contribution is 7.21. The molecule has 1 aliphatic rings. The van der Waals surface area contributed by atoms with Gasteiger partial charge in [-0.2, -0.15) is 0 Å². The fourth-order valence-corrected chi connectivity index (χ4v) is 6.64. The summed E-state index contributed by atoms with van der Waals surface area (Å²) in [7, 11) is 5.60. The van der Waals surface area contributed by atoms with Gasteiger partial charge in [-0.15, -0.1) is 11.3 Å². The van der Waals surface area contributed by atoms with Crippen LogP contribution in [-0.4, -0.2) is 75.8 Å². The van der Waals surface area contributed by atoms with E-state index in [4.69, 9.17) is 16.3 Å². The highest BCUT2D eigenvalue weighted by Crippen LogP contribution is 2.40. The highest BCUT2D eigenvalue weighted by atomic mass is 35.5. The molecular formula is C35H43ClF2N4O4S. The van der Waals surface area contributed by atoms with Crippen molar-refractivity contribution in [2.45, 2.75) is 44.7 Å². The lowest BCUT2D eigenvalue weighted by atomic mass is 9.93. The Balaban J connectivity index is 0.000000393. The van der Waals surface area contributed by atoms with E-state index in [0.29, 0.717) is 32.8 Å². The van der Waals surface area contributed by atoms with Gasteiger partial charge in [0, 0.05) is 31.5 Å². The Hall–Kier alpha value is -3.48. The number of amides is 1. The number of thiophene rings is 1. The maximum absolute atomic E-state index is 14.4. The molecule has 1 saturated carbocycles. The smallest absolute Gasteiger partial charge is 0.293 e. The van der Waals surface area contributed by atoms with Gasteiger partial charge in [-0.25, -0.2) is 8.78 Å². The summed E-state index contributed by atoms with van der Waals surface area (Å²) < 4.78 is 38.3. The van der Waals surface area contributed by atoms with Crippen LogP contribution >= 0.6 is 22.9 Å². The number of fused-ring (bicyclic) bond motifs is 1. The predicted molar refractivity (Wildman–Crippen MR) is 185 cm³/mol. The van der Waals surface area contributed by atoms with Crippen LogP contribution < -0.4 is 10.6 Å². The second-order valence-corrected chi connectivity index (χ2v) is 12.2. The Labute approximate surface area is 284 Å². The van der Waals surface area contributed by atoms with Crippen LogP contribution in [0.5, 0.6) is 0 Å². The number of aromatic nitrogens is 1. The van der Waals surface area contributed by atoms with E-state index in [1.54, 1.807) is 6.20 Å². The van der Waals surface area contributed by atoms with E-state index in [0.717, 1.165) is 78.8 Å². The van der Waals surface area contributed by atoms with E-state index >= 15 is 0 Å². The summed E-state index contributed by atoms with van der Waals surface area (Å²) >= 11 is 7.40. The number of pyridine rings is 1. The molecule has 0 spiro atoms. The first kappa shape index (κ1) is 38.0. The number of benzene rings is 2. The summed E-state index contributed by atoms with van der Waals surface area (Å²) in [5.41, 5.74) is 3.00. The molecule has 2 N–H and O–H groups in total. The number of halogens is 3. The third kappa shape index (κ3) is 11.3. The molecule has 12 heteroatoms. The molecule has 2 heterocycles. The summed E-state index contributed by atoms with van der Waals surface area (Å²) in [5, 5.41) is 5.65. The quantitative estimate of drug-likeness (QED) is 0.121. The molecule has 0 atom stereocenters. The zero-order valence-electron chi connectivity index (χ0n) is 27.1. The largest absolute Gasteiger partial charge is 0.465 e. The molecule has 47 heavy (non-hydrogen) atoms. The monoisotopic (exact) mass is 688 g/mol. The third-order valence-corrected chi connectivity index (χ3v) is 9.01. The van der Waals surface area contributed by atoms with Gasteiger partial charge >= 0.3 is 0 Å². The second-order valence-electron chi connectivity index (χ2n) is 10.8. The molecule has 1 amide bonds. The second kappa shape index (κ2) is 20.7. The molecule has 8 nitrogen and oxygen atoms in total. The van der Waals surface area contributed by atoms with Gasteiger partial charge in [0.2, 0.25) is 0 Å². The van der Waals surface area contributed by atoms with Crippen LogP contribution in [0.4, 0.5) is 8.78 Å². The lowest BCUT2D eigenvalue weighted by molar-refractivity contribution is -0.130. The number of likely N-dealkylation sites (N-methyl/N-ethyl adjacent to an activating group) is 1. The fraction of sp³-hybridized carbons (Fsp3) is 0.400. The number of carbonyl (C=O) groups is 2. The average Bonchev–Trinajstić information content (AvgIpc) is 3.46. The van der Waals surface area contributed by atoms with Crippen molar-refractivity contribution in [3.8, 4) is 11.1 Å². The minimum Gasteiger partial charge on any atom is -0.465 e. The molecule has 1 fully saturated rings. The van der Waals surface area contributed by atoms with Gasteiger partial charge in [0.15, 0.2) is 0 Å². The van der Waals surface area contributed by atoms with Crippen LogP contribution in [0.2, 0.25) is 5.02 Å². The molecule has 0 unspecified atom stereocenters. The van der Waals surface area contributed by atoms with E-state index in [1.807, 2.05) is 62.6 Å². The van der Waals surface area contributed by atoms with Gasteiger partial charge < -0.3 is 25.0 Å². The number of nitrogens with one attached hydrogen (secondary N) is 2. The van der Waals surface area contributed by atoms with Crippen molar-refractivity contribution in [3.63, 3.8) is 0 Å². The molecule has 0 saturated heterocycles. The van der Waals surface area contributed by atoms with Crippen LogP contribution in [0.25, 0.3) is 21.2 Å². The van der Waals surface area contributed by atoms with Crippen LogP contribution in [0.3, 0.4) is 0 Å². The van der Waals surface area contributed by atoms with Gasteiger partial charge in [0.1, 0.15) is 23.1 Å². The minimum absolute atomic E-state index is 0.00748. The zero-order chi connectivity index (χ0) is 34.0. The molecule has 0 aliphatic heterocycles. The number of ether oxygens (including phenoxy) is 2. The van der Waals surface area contributed by atoms with Gasteiger partial charge in [-0.05, 0) is 74.9 Å². The maximum Gasteiger partial charge on any atom is 0.293 e. The van der Waals surface area contributed by atoms with Crippen molar-refractivity contribution in [2.75, 3.05) is 47.5 Å². The number of hydrogen-bond donors (Lipinski definition) is 2. The molecular weight excluding hydrogens is 646 g/mol. The van der Waals surface area contributed by atoms with Crippen LogP contribution in [0.1, 0.15) is 47.3 Å². The van der Waals surface area contributed by atoms with Crippen molar-refractivity contribution in [3.05, 3.63) is 88.0 Å². The third-order valence-electron chi connectivity index (χ3n) is 7.34. The van der Waals surface area contributed by atoms with Gasteiger partial charge in [0.25, 0.3) is 12.4 Å². The summed E-state index contributed by atoms with van der Waals surface area (Å²) in [6.45, 7) is 3.10. The Kier molecular flexibility index (Phi) is 16.7. The van der Waals surface area contributed by atoms with E-state index < -0.39 is 11.6 Å². The number of carbonyl (C=O) groups excluding carboxylic acids is 2. The van der Waals surface area contributed by atoms with Crippen LogP contribution in [0.15, 0.2) is 60.9 Å². The molecule has 2 aromatic carbocycles. The first-order chi connectivity index (χ1) is 22.9. The summed E-state index contributed by atoms with van der Waals surface area (Å²) in [4.78, 5) is 29.6. The zero-order valence-corrected chi connectivity index (χ0v) is 28.6. The van der Waals surface area contributed by atoms with Crippen molar-refractivity contribution in [1.29, 1.82) is 0 Å². The standard InChI is InChI=1S/C27H23ClF2N2OS.C6H13NO3.C2H7N/c28-24-23-21(29)11-12-22(30)25(23)34-26(24)27(33)32(20-9-2-1-3-10-20)16-17-6-4-7-18(14-17)19-8-5-13-31-15-19;1-7-2-3-9-4-5-10-6-8;1-3-2/h4-8,11-15,20H,1-3,9-10,16H2;6-7H,2-5H2,1H3;3H,1-2H3. The first-order valence-electron chi connectivity index (χ1n) is 15.6. The summed E-state index contributed by atoms with van der Waals surface area (Å²) in [5.74, 6) is -1.47. The van der Waals surface area contributed by atoms with Gasteiger partial charge in [-0.1, -0.05) is 55.1 Å². The van der Waals surface area contributed by atoms with Gasteiger partial charge in [-0.3, -0.25) is 14.6 Å². The Morgan fingerprint density at radius 3 is 2.40 bits per heavy atom. The Morgan fingerprint density at radius 2 is 1.74 bits per heavy atom. The topological polar surface area (TPSA) is 92.8 Å². The minimum atomic E-state index is -0.620. The van der Waals surface area contributed by atoms with Gasteiger partial charge in [0.05, 0.1) is 28.3 Å². The first-order valence-corrected chi connectivity index (χ1v) is 16.8. The Bertz CT molecular complexity index is 1540. The Morgan fingerprint density at radius 1 is 1.02 bits per heavy atom. The summed E-state index contributed by atoms with van der Waals surface area (Å²) in [6.07, 6.45) is 8.59. The van der Waals surface area contributed by atoms with Crippen LogP contribution in [0, 0.1) is 11.6 Å². The number of nitrogens with zero attached hydrogens (tertiary/aromatic N) is 2. The lowest BCUT2D eigenvalue weighted by Crippen LogP contribution is -2.40. The van der Waals surface area contributed by atoms with E-state index in [-0.39, 0.29) is 31.9 Å². The molecule has 2 aromatic heterocycles. The van der Waals surface area contributed by atoms with E-state index in [2.05, 4.69) is 26.4 Å². The highest BCUT2D eigenvalue weighted by Gasteiger charge is 2.31. The SMILES string of the molecule is CNC.CNCCOCCOC=O.O=C(c1sc2c(F)ccc(F)c2c1Cl)N(Cc1cccc(-c2cccnc2)c1)C1CCCCC1. The molecule has 1 aliphatic carbocycles. The average molecular weight is 689 g/mol. The van der Waals surface area contributed by atoms with E-state index in [1.165, 1.54) is 0 Å². The number of rotatable bonds is 12. The van der Waals surface area contributed by atoms with E-state index in [9.17, 15) is 18.4 Å². The van der Waals surface area contributed by atoms with Crippen LogP contribution in [-0.2, 0) is 20.8 Å². The summed E-state index contributed by atoms with van der Waals surface area (Å²) in [6, 6.07) is 14.1. The number of hydrogen-bond acceptors (Lipinski definition) is 8. The lowest BCUT2D eigenvalue weighted by Gasteiger charge is -2.34. The molecule has 0 radical (unpaired) electrons. The molecule has 0 bridgehead atoms. The van der Waals surface area contributed by atoms with Crippen molar-refractivity contribution >= 4 is 45.4 Å². The van der Waals surface area contributed by atoms with Crippen molar-refractivity contribution < 1.29 is 27.8 Å². The van der Waals surface area contributed by atoms with Crippen molar-refractivity contribution in [2.24, 2.45) is 0 Å².